The van der Waals surface area contributed by atoms with Crippen molar-refractivity contribution < 1.29 is 10.2 Å². The maximum Gasteiger partial charge on any atom is 0.0853 e. The maximum absolute atomic E-state index is 8.75. The molecular formula is C8H12N2O2. The second-order valence-electron chi connectivity index (χ2n) is 2.53. The molecule has 4 nitrogen and oxygen atoms in total. The van der Waals surface area contributed by atoms with E-state index in [-0.39, 0.29) is 13.2 Å². The molecule has 4 heteroatoms. The Hall–Kier alpha value is -0.970. The molecule has 1 rings (SSSR count). The van der Waals surface area contributed by atoms with Crippen molar-refractivity contribution in [3.05, 3.63) is 29.6 Å². The molecule has 66 valence electrons. The number of hydrogen-bond acceptors (Lipinski definition) is 4. The van der Waals surface area contributed by atoms with Crippen LogP contribution in [0.1, 0.15) is 17.3 Å². The van der Waals surface area contributed by atoms with Crippen LogP contribution in [0.3, 0.4) is 0 Å². The van der Waals surface area contributed by atoms with Crippen LogP contribution >= 0.6 is 0 Å². The third kappa shape index (κ3) is 2.01. The minimum absolute atomic E-state index is 0.102. The lowest BCUT2D eigenvalue weighted by Crippen LogP contribution is -2.14. The monoisotopic (exact) mass is 168 g/mol. The highest BCUT2D eigenvalue weighted by Crippen LogP contribution is 2.09. The Morgan fingerprint density at radius 3 is 2.83 bits per heavy atom. The van der Waals surface area contributed by atoms with Crippen LogP contribution in [-0.4, -0.2) is 21.8 Å². The van der Waals surface area contributed by atoms with Gasteiger partial charge in [0.05, 0.1) is 24.9 Å². The maximum atomic E-state index is 8.75. The highest BCUT2D eigenvalue weighted by atomic mass is 16.3. The summed E-state index contributed by atoms with van der Waals surface area (Å²) in [5, 5.41) is 17.5. The van der Waals surface area contributed by atoms with E-state index in [2.05, 4.69) is 4.98 Å². The van der Waals surface area contributed by atoms with Gasteiger partial charge in [0.25, 0.3) is 0 Å². The van der Waals surface area contributed by atoms with E-state index in [1.54, 1.807) is 18.3 Å². The van der Waals surface area contributed by atoms with Gasteiger partial charge in [-0.3, -0.25) is 4.98 Å². The first kappa shape index (κ1) is 9.12. The van der Waals surface area contributed by atoms with E-state index in [4.69, 9.17) is 15.9 Å². The molecule has 4 N–H and O–H groups in total. The van der Waals surface area contributed by atoms with E-state index in [1.165, 1.54) is 0 Å². The predicted octanol–water partition coefficient (Wildman–Crippen LogP) is -0.434. The van der Waals surface area contributed by atoms with Gasteiger partial charge in [-0.25, -0.2) is 0 Å². The van der Waals surface area contributed by atoms with Gasteiger partial charge in [0.15, 0.2) is 0 Å². The summed E-state index contributed by atoms with van der Waals surface area (Å²) in [7, 11) is 0. The minimum atomic E-state index is -0.390. The van der Waals surface area contributed by atoms with Crippen molar-refractivity contribution in [3.8, 4) is 0 Å². The Morgan fingerprint density at radius 2 is 2.25 bits per heavy atom. The quantitative estimate of drug-likeness (QED) is 0.572. The summed E-state index contributed by atoms with van der Waals surface area (Å²) in [5.74, 6) is 0. The van der Waals surface area contributed by atoms with Gasteiger partial charge in [-0.05, 0) is 17.7 Å². The minimum Gasteiger partial charge on any atom is -0.394 e. The van der Waals surface area contributed by atoms with E-state index >= 15 is 0 Å². The average molecular weight is 168 g/mol. The smallest absolute Gasteiger partial charge is 0.0853 e. The van der Waals surface area contributed by atoms with E-state index in [1.807, 2.05) is 0 Å². The van der Waals surface area contributed by atoms with Crippen LogP contribution in [0.5, 0.6) is 0 Å². The van der Waals surface area contributed by atoms with Crippen molar-refractivity contribution in [1.29, 1.82) is 0 Å². The topological polar surface area (TPSA) is 79.4 Å². The summed E-state index contributed by atoms with van der Waals surface area (Å²) in [6.45, 7) is -0.207. The molecule has 0 amide bonds. The van der Waals surface area contributed by atoms with E-state index < -0.39 is 6.04 Å². The van der Waals surface area contributed by atoms with Gasteiger partial charge in [-0.15, -0.1) is 0 Å². The zero-order chi connectivity index (χ0) is 8.97. The lowest BCUT2D eigenvalue weighted by atomic mass is 10.1. The van der Waals surface area contributed by atoms with Crippen molar-refractivity contribution in [2.45, 2.75) is 12.6 Å². The van der Waals surface area contributed by atoms with Crippen LogP contribution in [0.25, 0.3) is 0 Å². The Balaban J connectivity index is 2.86. The van der Waals surface area contributed by atoms with Gasteiger partial charge in [-0.2, -0.15) is 0 Å². The van der Waals surface area contributed by atoms with Crippen LogP contribution in [0.2, 0.25) is 0 Å². The van der Waals surface area contributed by atoms with E-state index in [0.29, 0.717) is 5.69 Å². The zero-order valence-electron chi connectivity index (χ0n) is 6.64. The van der Waals surface area contributed by atoms with Crippen molar-refractivity contribution in [3.63, 3.8) is 0 Å². The number of pyridine rings is 1. The third-order valence-corrected chi connectivity index (χ3v) is 1.63. The van der Waals surface area contributed by atoms with Crippen LogP contribution < -0.4 is 5.73 Å². The molecule has 0 saturated carbocycles. The van der Waals surface area contributed by atoms with Gasteiger partial charge >= 0.3 is 0 Å². The molecule has 0 saturated heterocycles. The zero-order valence-corrected chi connectivity index (χ0v) is 6.64. The highest BCUT2D eigenvalue weighted by molar-refractivity contribution is 5.19. The number of nitrogens with zero attached hydrogens (tertiary/aromatic N) is 1. The molecular weight excluding hydrogens is 156 g/mol. The van der Waals surface area contributed by atoms with Crippen molar-refractivity contribution in [2.24, 2.45) is 5.73 Å². The SMILES string of the molecule is NC(CO)c1ccnc(CO)c1. The molecule has 0 aliphatic heterocycles. The first-order valence-electron chi connectivity index (χ1n) is 3.70. The van der Waals surface area contributed by atoms with Crippen molar-refractivity contribution in [1.82, 2.24) is 4.98 Å². The molecule has 12 heavy (non-hydrogen) atoms. The Kier molecular flexibility index (Phi) is 3.16. The number of rotatable bonds is 3. The van der Waals surface area contributed by atoms with Gasteiger partial charge < -0.3 is 15.9 Å². The van der Waals surface area contributed by atoms with E-state index in [0.717, 1.165) is 5.56 Å². The molecule has 0 aliphatic carbocycles. The molecule has 1 unspecified atom stereocenters. The first-order valence-corrected chi connectivity index (χ1v) is 3.70. The normalized spacial score (nSPS) is 12.9. The van der Waals surface area contributed by atoms with Gasteiger partial charge in [0, 0.05) is 6.20 Å². The standard InChI is InChI=1S/C8H12N2O2/c9-8(5-12)6-1-2-10-7(3-6)4-11/h1-3,8,11-12H,4-5,9H2. The summed E-state index contributed by atoms with van der Waals surface area (Å²) in [6.07, 6.45) is 1.57. The van der Waals surface area contributed by atoms with Gasteiger partial charge in [-0.1, -0.05) is 0 Å². The lowest BCUT2D eigenvalue weighted by Gasteiger charge is -2.08. The van der Waals surface area contributed by atoms with Gasteiger partial charge in [0.2, 0.25) is 0 Å². The fraction of sp³-hybridized carbons (Fsp3) is 0.375. The summed E-state index contributed by atoms with van der Waals surface area (Å²) >= 11 is 0. The van der Waals surface area contributed by atoms with Crippen molar-refractivity contribution >= 4 is 0 Å². The molecule has 0 fully saturated rings. The predicted molar refractivity (Wildman–Crippen MR) is 44.2 cm³/mol. The largest absolute Gasteiger partial charge is 0.394 e. The Morgan fingerprint density at radius 1 is 1.50 bits per heavy atom. The second kappa shape index (κ2) is 4.15. The van der Waals surface area contributed by atoms with Crippen LogP contribution in [0.4, 0.5) is 0 Å². The number of aromatic nitrogens is 1. The van der Waals surface area contributed by atoms with Crippen molar-refractivity contribution in [2.75, 3.05) is 6.61 Å². The Bertz CT molecular complexity index is 253. The molecule has 0 aromatic carbocycles. The van der Waals surface area contributed by atoms with Crippen LogP contribution in [0, 0.1) is 0 Å². The molecule has 1 aromatic rings. The Labute approximate surface area is 70.7 Å². The summed E-state index contributed by atoms with van der Waals surface area (Å²) < 4.78 is 0. The molecule has 1 aromatic heterocycles. The highest BCUT2D eigenvalue weighted by Gasteiger charge is 2.04. The average Bonchev–Trinajstić information content (AvgIpc) is 2.17. The summed E-state index contributed by atoms with van der Waals surface area (Å²) in [5.41, 5.74) is 6.91. The first-order chi connectivity index (χ1) is 5.77. The fourth-order valence-electron chi connectivity index (χ4n) is 0.919. The summed E-state index contributed by atoms with van der Waals surface area (Å²) in [4.78, 5) is 3.89. The fourth-order valence-corrected chi connectivity index (χ4v) is 0.919. The number of hydrogen-bond donors (Lipinski definition) is 3. The molecule has 0 spiro atoms. The third-order valence-electron chi connectivity index (χ3n) is 1.63. The van der Waals surface area contributed by atoms with Crippen LogP contribution in [0.15, 0.2) is 18.3 Å². The molecule has 0 bridgehead atoms. The number of aliphatic hydroxyl groups excluding tert-OH is 2. The second-order valence-corrected chi connectivity index (χ2v) is 2.53. The van der Waals surface area contributed by atoms with E-state index in [9.17, 15) is 0 Å². The molecule has 0 radical (unpaired) electrons. The lowest BCUT2D eigenvalue weighted by molar-refractivity contribution is 0.265. The molecule has 0 aliphatic rings. The number of aliphatic hydroxyl groups is 2. The molecule has 1 heterocycles. The summed E-state index contributed by atoms with van der Waals surface area (Å²) in [6, 6.07) is 3.01. The molecule has 1 atom stereocenters. The van der Waals surface area contributed by atoms with Gasteiger partial charge in [0.1, 0.15) is 0 Å². The van der Waals surface area contributed by atoms with Crippen LogP contribution in [-0.2, 0) is 6.61 Å². The number of nitrogens with two attached hydrogens (primary N) is 1.